The van der Waals surface area contributed by atoms with Crippen molar-refractivity contribution >= 4 is 27.8 Å². The molecule has 1 aromatic rings. The van der Waals surface area contributed by atoms with Gasteiger partial charge in [0.2, 0.25) is 0 Å². The fourth-order valence-corrected chi connectivity index (χ4v) is 2.32. The number of likely N-dealkylation sites (N-methyl/N-ethyl adjacent to an activating group) is 1. The van der Waals surface area contributed by atoms with Gasteiger partial charge in [0.05, 0.1) is 18.7 Å². The van der Waals surface area contributed by atoms with Gasteiger partial charge in [-0.3, -0.25) is 9.59 Å². The van der Waals surface area contributed by atoms with Crippen LogP contribution >= 0.6 is 15.9 Å². The maximum atomic E-state index is 12.3. The Bertz CT molecular complexity index is 518. The van der Waals surface area contributed by atoms with Gasteiger partial charge in [-0.15, -0.1) is 0 Å². The summed E-state index contributed by atoms with van der Waals surface area (Å²) in [6, 6.07) is 3.10. The average molecular weight is 346 g/mol. The summed E-state index contributed by atoms with van der Waals surface area (Å²) in [4.78, 5) is 24.3. The number of nitrogens with zero attached hydrogens (tertiary/aromatic N) is 1. The third-order valence-corrected chi connectivity index (χ3v) is 3.26. The lowest BCUT2D eigenvalue weighted by atomic mass is 10.1. The number of carboxylic acids is 1. The lowest BCUT2D eigenvalue weighted by molar-refractivity contribution is -0.137. The van der Waals surface area contributed by atoms with E-state index in [1.807, 2.05) is 0 Å². The van der Waals surface area contributed by atoms with Gasteiger partial charge in [0.1, 0.15) is 6.54 Å². The molecule has 0 unspecified atom stereocenters. The van der Waals surface area contributed by atoms with E-state index < -0.39 is 5.97 Å². The number of hydrogen-bond donors (Lipinski definition) is 1. The zero-order valence-corrected chi connectivity index (χ0v) is 13.1. The molecule has 1 amide bonds. The van der Waals surface area contributed by atoms with Gasteiger partial charge in [-0.2, -0.15) is 0 Å². The second-order valence-corrected chi connectivity index (χ2v) is 4.76. The molecule has 6 nitrogen and oxygen atoms in total. The summed E-state index contributed by atoms with van der Waals surface area (Å²) in [6.07, 6.45) is 0. The summed E-state index contributed by atoms with van der Waals surface area (Å²) < 4.78 is 10.9. The Balaban J connectivity index is 3.15. The van der Waals surface area contributed by atoms with E-state index in [0.717, 1.165) is 0 Å². The van der Waals surface area contributed by atoms with Crippen LogP contribution in [0.25, 0.3) is 0 Å². The average Bonchev–Trinajstić information content (AvgIpc) is 2.42. The number of halogens is 1. The van der Waals surface area contributed by atoms with E-state index in [9.17, 15) is 9.59 Å². The number of amides is 1. The van der Waals surface area contributed by atoms with Crippen molar-refractivity contribution in [3.8, 4) is 11.5 Å². The first-order chi connectivity index (χ1) is 9.44. The summed E-state index contributed by atoms with van der Waals surface area (Å²) in [5, 5.41) is 8.80. The van der Waals surface area contributed by atoms with Crippen molar-refractivity contribution in [1.82, 2.24) is 4.90 Å². The Morgan fingerprint density at radius 2 is 1.95 bits per heavy atom. The van der Waals surface area contributed by atoms with Crippen LogP contribution in [-0.4, -0.2) is 49.2 Å². The minimum absolute atomic E-state index is 0.303. The van der Waals surface area contributed by atoms with Crippen LogP contribution in [-0.2, 0) is 4.79 Å². The van der Waals surface area contributed by atoms with Gasteiger partial charge in [-0.25, -0.2) is 0 Å². The molecule has 1 rings (SSSR count). The van der Waals surface area contributed by atoms with Crippen molar-refractivity contribution in [1.29, 1.82) is 0 Å². The quantitative estimate of drug-likeness (QED) is 0.853. The van der Waals surface area contributed by atoms with Crippen molar-refractivity contribution in [2.45, 2.75) is 6.92 Å². The van der Waals surface area contributed by atoms with Crippen LogP contribution in [0.4, 0.5) is 0 Å². The monoisotopic (exact) mass is 345 g/mol. The van der Waals surface area contributed by atoms with Gasteiger partial charge in [0.15, 0.2) is 11.5 Å². The first kappa shape index (κ1) is 16.3. The number of hydrogen-bond acceptors (Lipinski definition) is 4. The van der Waals surface area contributed by atoms with Crippen LogP contribution in [0.3, 0.4) is 0 Å². The second-order valence-electron chi connectivity index (χ2n) is 3.91. The van der Waals surface area contributed by atoms with Gasteiger partial charge in [0.25, 0.3) is 5.91 Å². The maximum Gasteiger partial charge on any atom is 0.323 e. The summed E-state index contributed by atoms with van der Waals surface area (Å²) in [6.45, 7) is 1.68. The first-order valence-electron chi connectivity index (χ1n) is 5.87. The molecule has 1 N–H and O–H groups in total. The molecule has 20 heavy (non-hydrogen) atoms. The van der Waals surface area contributed by atoms with Crippen molar-refractivity contribution in [3.05, 3.63) is 22.2 Å². The fourth-order valence-electron chi connectivity index (χ4n) is 1.71. The van der Waals surface area contributed by atoms with Crippen LogP contribution in [0, 0.1) is 0 Å². The van der Waals surface area contributed by atoms with Gasteiger partial charge in [-0.1, -0.05) is 0 Å². The van der Waals surface area contributed by atoms with E-state index in [4.69, 9.17) is 14.6 Å². The number of carbonyl (C=O) groups is 2. The molecule has 7 heteroatoms. The number of carbonyl (C=O) groups excluding carboxylic acids is 1. The highest BCUT2D eigenvalue weighted by Gasteiger charge is 2.20. The Morgan fingerprint density at radius 3 is 2.40 bits per heavy atom. The van der Waals surface area contributed by atoms with Gasteiger partial charge >= 0.3 is 5.97 Å². The van der Waals surface area contributed by atoms with Gasteiger partial charge < -0.3 is 19.5 Å². The lowest BCUT2D eigenvalue weighted by Gasteiger charge is -2.19. The topological polar surface area (TPSA) is 76.1 Å². The van der Waals surface area contributed by atoms with Crippen LogP contribution in [0.15, 0.2) is 16.6 Å². The molecule has 0 heterocycles. The minimum atomic E-state index is -1.06. The molecular weight excluding hydrogens is 330 g/mol. The number of methoxy groups -OCH3 is 2. The van der Waals surface area contributed by atoms with Crippen molar-refractivity contribution < 1.29 is 24.2 Å². The largest absolute Gasteiger partial charge is 0.493 e. The molecule has 1 aromatic carbocycles. The number of ether oxygens (including phenoxy) is 2. The highest BCUT2D eigenvalue weighted by molar-refractivity contribution is 9.10. The number of benzene rings is 1. The molecule has 0 aliphatic carbocycles. The Kier molecular flexibility index (Phi) is 5.82. The molecular formula is C13H16BrNO5. The van der Waals surface area contributed by atoms with Crippen molar-refractivity contribution in [3.63, 3.8) is 0 Å². The fraction of sp³-hybridized carbons (Fsp3) is 0.385. The Labute approximate surface area is 125 Å². The molecule has 0 fully saturated rings. The second kappa shape index (κ2) is 7.14. The summed E-state index contributed by atoms with van der Waals surface area (Å²) in [5.41, 5.74) is 0.331. The van der Waals surface area contributed by atoms with Gasteiger partial charge in [0, 0.05) is 12.1 Å². The number of rotatable bonds is 6. The Morgan fingerprint density at radius 1 is 1.30 bits per heavy atom. The smallest absolute Gasteiger partial charge is 0.323 e. The van der Waals surface area contributed by atoms with E-state index in [0.29, 0.717) is 28.1 Å². The summed E-state index contributed by atoms with van der Waals surface area (Å²) in [7, 11) is 2.96. The maximum absolute atomic E-state index is 12.3. The van der Waals surface area contributed by atoms with Crippen LogP contribution in [0.5, 0.6) is 11.5 Å². The van der Waals surface area contributed by atoms with E-state index in [1.54, 1.807) is 13.0 Å². The van der Waals surface area contributed by atoms with Gasteiger partial charge in [-0.05, 0) is 35.0 Å². The number of carboxylic acid groups (broad SMARTS) is 1. The summed E-state index contributed by atoms with van der Waals surface area (Å²) >= 11 is 3.30. The van der Waals surface area contributed by atoms with Crippen LogP contribution < -0.4 is 9.47 Å². The summed E-state index contributed by atoms with van der Waals surface area (Å²) in [5.74, 6) is -0.557. The molecule has 0 bridgehead atoms. The Hall–Kier alpha value is -1.76. The predicted octanol–water partition coefficient (Wildman–Crippen LogP) is 2.01. The zero-order chi connectivity index (χ0) is 15.3. The lowest BCUT2D eigenvalue weighted by Crippen LogP contribution is -2.35. The third kappa shape index (κ3) is 3.63. The van der Waals surface area contributed by atoms with E-state index in [1.165, 1.54) is 25.2 Å². The van der Waals surface area contributed by atoms with Crippen molar-refractivity contribution in [2.75, 3.05) is 27.3 Å². The molecule has 0 saturated carbocycles. The normalized spacial score (nSPS) is 10.0. The van der Waals surface area contributed by atoms with E-state index >= 15 is 0 Å². The molecule has 0 spiro atoms. The van der Waals surface area contributed by atoms with Crippen molar-refractivity contribution in [2.24, 2.45) is 0 Å². The molecule has 110 valence electrons. The SMILES string of the molecule is CCN(CC(=O)O)C(=O)c1cc(Br)c(OC)c(OC)c1. The third-order valence-electron chi connectivity index (χ3n) is 2.68. The zero-order valence-electron chi connectivity index (χ0n) is 11.5. The molecule has 0 saturated heterocycles. The molecule has 0 aliphatic heterocycles. The molecule has 0 atom stereocenters. The molecule has 0 aromatic heterocycles. The predicted molar refractivity (Wildman–Crippen MR) is 76.5 cm³/mol. The van der Waals surface area contributed by atoms with Crippen LogP contribution in [0.1, 0.15) is 17.3 Å². The minimum Gasteiger partial charge on any atom is -0.493 e. The number of aliphatic carboxylic acids is 1. The highest BCUT2D eigenvalue weighted by Crippen LogP contribution is 2.36. The van der Waals surface area contributed by atoms with Crippen LogP contribution in [0.2, 0.25) is 0 Å². The molecule has 0 aliphatic rings. The standard InChI is InChI=1S/C13H16BrNO5/c1-4-15(7-11(16)17)13(18)8-5-9(14)12(20-3)10(6-8)19-2/h5-6H,4,7H2,1-3H3,(H,16,17). The highest BCUT2D eigenvalue weighted by atomic mass is 79.9. The first-order valence-corrected chi connectivity index (χ1v) is 6.66. The van der Waals surface area contributed by atoms with E-state index in [2.05, 4.69) is 15.9 Å². The van der Waals surface area contributed by atoms with E-state index in [-0.39, 0.29) is 12.5 Å². The molecule has 0 radical (unpaired) electrons.